The Kier molecular flexibility index (Phi) is 4.75. The molecule has 1 fully saturated rings. The smallest absolute Gasteiger partial charge is 0.161 e. The van der Waals surface area contributed by atoms with Crippen molar-refractivity contribution in [2.75, 3.05) is 36.0 Å². The molecule has 0 radical (unpaired) electrons. The molecule has 1 aliphatic rings. The van der Waals surface area contributed by atoms with Gasteiger partial charge in [0.2, 0.25) is 0 Å². The molecule has 0 aliphatic carbocycles. The average Bonchev–Trinajstić information content (AvgIpc) is 2.70. The van der Waals surface area contributed by atoms with Gasteiger partial charge in [-0.05, 0) is 50.1 Å². The van der Waals surface area contributed by atoms with E-state index in [1.807, 2.05) is 19.1 Å². The van der Waals surface area contributed by atoms with Crippen molar-refractivity contribution in [3.8, 4) is 11.4 Å². The molecule has 0 bridgehead atoms. The van der Waals surface area contributed by atoms with Gasteiger partial charge in [-0.25, -0.2) is 9.97 Å². The molecule has 0 atom stereocenters. The second-order valence-electron chi connectivity index (χ2n) is 7.12. The van der Waals surface area contributed by atoms with Crippen LogP contribution in [0.25, 0.3) is 11.4 Å². The average molecular weight is 359 g/mol. The number of aromatic nitrogens is 3. The highest BCUT2D eigenvalue weighted by molar-refractivity contribution is 5.59. The molecule has 0 N–H and O–H groups in total. The maximum Gasteiger partial charge on any atom is 0.161 e. The predicted octanol–water partition coefficient (Wildman–Crippen LogP) is 3.79. The molecule has 1 aromatic carbocycles. The molecule has 1 aliphatic heterocycles. The maximum atomic E-state index is 4.83. The molecule has 3 aromatic rings. The van der Waals surface area contributed by atoms with Crippen molar-refractivity contribution in [3.05, 3.63) is 65.6 Å². The minimum atomic E-state index is 0.768. The van der Waals surface area contributed by atoms with E-state index in [2.05, 4.69) is 57.9 Å². The maximum absolute atomic E-state index is 4.83. The molecular formula is C22H25N5. The van der Waals surface area contributed by atoms with Gasteiger partial charge in [0.25, 0.3) is 0 Å². The van der Waals surface area contributed by atoms with Gasteiger partial charge in [0.05, 0.1) is 0 Å². The second-order valence-corrected chi connectivity index (χ2v) is 7.12. The van der Waals surface area contributed by atoms with E-state index in [9.17, 15) is 0 Å². The van der Waals surface area contributed by atoms with Crippen LogP contribution in [0, 0.1) is 20.8 Å². The Morgan fingerprint density at radius 3 is 2.26 bits per heavy atom. The van der Waals surface area contributed by atoms with E-state index in [4.69, 9.17) is 4.98 Å². The fourth-order valence-corrected chi connectivity index (χ4v) is 3.60. The van der Waals surface area contributed by atoms with Gasteiger partial charge in [0.15, 0.2) is 5.82 Å². The van der Waals surface area contributed by atoms with Gasteiger partial charge >= 0.3 is 0 Å². The summed E-state index contributed by atoms with van der Waals surface area (Å²) in [6.07, 6.45) is 3.56. The summed E-state index contributed by atoms with van der Waals surface area (Å²) in [4.78, 5) is 18.4. The molecule has 0 spiro atoms. The first-order valence-electron chi connectivity index (χ1n) is 9.44. The molecule has 5 heteroatoms. The van der Waals surface area contributed by atoms with Crippen LogP contribution in [0.4, 0.5) is 11.5 Å². The van der Waals surface area contributed by atoms with Gasteiger partial charge < -0.3 is 9.80 Å². The molecule has 0 saturated carbocycles. The number of piperazine rings is 1. The Labute approximate surface area is 160 Å². The topological polar surface area (TPSA) is 45.2 Å². The highest BCUT2D eigenvalue weighted by Gasteiger charge is 2.20. The van der Waals surface area contributed by atoms with Gasteiger partial charge in [-0.1, -0.05) is 12.1 Å². The molecule has 5 nitrogen and oxygen atoms in total. The zero-order valence-electron chi connectivity index (χ0n) is 16.2. The summed E-state index contributed by atoms with van der Waals surface area (Å²) in [7, 11) is 0. The molecule has 2 aromatic heterocycles. The van der Waals surface area contributed by atoms with Crippen LogP contribution in [0.15, 0.2) is 48.8 Å². The Balaban J connectivity index is 1.53. The van der Waals surface area contributed by atoms with Crippen molar-refractivity contribution in [2.24, 2.45) is 0 Å². The van der Waals surface area contributed by atoms with Crippen LogP contribution in [0.3, 0.4) is 0 Å². The number of benzene rings is 1. The third-order valence-corrected chi connectivity index (χ3v) is 5.30. The van der Waals surface area contributed by atoms with Crippen LogP contribution < -0.4 is 9.80 Å². The molecule has 27 heavy (non-hydrogen) atoms. The lowest BCUT2D eigenvalue weighted by molar-refractivity contribution is 0.645. The Morgan fingerprint density at radius 2 is 1.52 bits per heavy atom. The third-order valence-electron chi connectivity index (χ3n) is 5.30. The number of aryl methyl sites for hydroxylation is 2. The van der Waals surface area contributed by atoms with E-state index in [1.165, 1.54) is 16.8 Å². The van der Waals surface area contributed by atoms with E-state index in [1.54, 1.807) is 12.4 Å². The number of hydrogen-bond donors (Lipinski definition) is 0. The minimum absolute atomic E-state index is 0.768. The molecule has 138 valence electrons. The molecule has 4 rings (SSSR count). The SMILES string of the molecule is Cc1cc(N2CCN(c3cccc(C)c3C)CC2)nc(-c2ccncc2)n1. The molecule has 3 heterocycles. The number of pyridine rings is 1. The zero-order chi connectivity index (χ0) is 18.8. The van der Waals surface area contributed by atoms with Crippen LogP contribution in [0.1, 0.15) is 16.8 Å². The summed E-state index contributed by atoms with van der Waals surface area (Å²) in [6, 6.07) is 12.6. The predicted molar refractivity (Wildman–Crippen MR) is 110 cm³/mol. The largest absolute Gasteiger partial charge is 0.368 e. The van der Waals surface area contributed by atoms with Crippen LogP contribution in [-0.2, 0) is 0 Å². The van der Waals surface area contributed by atoms with Crippen molar-refractivity contribution >= 4 is 11.5 Å². The zero-order valence-corrected chi connectivity index (χ0v) is 16.2. The van der Waals surface area contributed by atoms with E-state index >= 15 is 0 Å². The molecule has 0 unspecified atom stereocenters. The second kappa shape index (κ2) is 7.35. The molecular weight excluding hydrogens is 334 g/mol. The summed E-state index contributed by atoms with van der Waals surface area (Å²) in [6.45, 7) is 10.3. The van der Waals surface area contributed by atoms with Crippen LogP contribution >= 0.6 is 0 Å². The van der Waals surface area contributed by atoms with Gasteiger partial charge in [-0.2, -0.15) is 0 Å². The quantitative estimate of drug-likeness (QED) is 0.712. The number of rotatable bonds is 3. The van der Waals surface area contributed by atoms with Crippen molar-refractivity contribution in [1.29, 1.82) is 0 Å². The summed E-state index contributed by atoms with van der Waals surface area (Å²) >= 11 is 0. The highest BCUT2D eigenvalue weighted by atomic mass is 15.3. The van der Waals surface area contributed by atoms with Crippen LogP contribution in [0.5, 0.6) is 0 Å². The summed E-state index contributed by atoms with van der Waals surface area (Å²) in [5.41, 5.74) is 6.07. The minimum Gasteiger partial charge on any atom is -0.368 e. The Bertz CT molecular complexity index is 931. The fraction of sp³-hybridized carbons (Fsp3) is 0.318. The van der Waals surface area contributed by atoms with Crippen molar-refractivity contribution in [1.82, 2.24) is 15.0 Å². The first-order chi connectivity index (χ1) is 13.1. The normalized spacial score (nSPS) is 14.5. The van der Waals surface area contributed by atoms with E-state index < -0.39 is 0 Å². The van der Waals surface area contributed by atoms with Gasteiger partial charge in [-0.3, -0.25) is 4.98 Å². The van der Waals surface area contributed by atoms with Gasteiger partial charge in [0, 0.05) is 61.6 Å². The first kappa shape index (κ1) is 17.5. The fourth-order valence-electron chi connectivity index (χ4n) is 3.60. The first-order valence-corrected chi connectivity index (χ1v) is 9.44. The summed E-state index contributed by atoms with van der Waals surface area (Å²) in [5, 5.41) is 0. The molecule has 0 amide bonds. The van der Waals surface area contributed by atoms with Crippen molar-refractivity contribution < 1.29 is 0 Å². The lowest BCUT2D eigenvalue weighted by atomic mass is 10.1. The monoisotopic (exact) mass is 359 g/mol. The Hall–Kier alpha value is -2.95. The third kappa shape index (κ3) is 3.63. The number of nitrogens with zero attached hydrogens (tertiary/aromatic N) is 5. The molecule has 1 saturated heterocycles. The summed E-state index contributed by atoms with van der Waals surface area (Å²) in [5.74, 6) is 1.78. The van der Waals surface area contributed by atoms with Gasteiger partial charge in [-0.15, -0.1) is 0 Å². The van der Waals surface area contributed by atoms with Gasteiger partial charge in [0.1, 0.15) is 5.82 Å². The number of hydrogen-bond acceptors (Lipinski definition) is 5. The van der Waals surface area contributed by atoms with Crippen LogP contribution in [0.2, 0.25) is 0 Å². The van der Waals surface area contributed by atoms with E-state index in [-0.39, 0.29) is 0 Å². The van der Waals surface area contributed by atoms with Crippen LogP contribution in [-0.4, -0.2) is 41.1 Å². The lowest BCUT2D eigenvalue weighted by Crippen LogP contribution is -2.47. The van der Waals surface area contributed by atoms with E-state index in [0.29, 0.717) is 0 Å². The Morgan fingerprint density at radius 1 is 0.815 bits per heavy atom. The highest BCUT2D eigenvalue weighted by Crippen LogP contribution is 2.26. The van der Waals surface area contributed by atoms with E-state index in [0.717, 1.165) is 49.1 Å². The van der Waals surface area contributed by atoms with Crippen molar-refractivity contribution in [3.63, 3.8) is 0 Å². The standard InChI is InChI=1S/C22H25N5/c1-16-5-4-6-20(18(16)3)26-11-13-27(14-12-26)21-15-17(2)24-22(25-21)19-7-9-23-10-8-19/h4-10,15H,11-14H2,1-3H3. The summed E-state index contributed by atoms with van der Waals surface area (Å²) < 4.78 is 0. The number of anilines is 2. The van der Waals surface area contributed by atoms with Crippen molar-refractivity contribution in [2.45, 2.75) is 20.8 Å². The lowest BCUT2D eigenvalue weighted by Gasteiger charge is -2.37.